The molecule has 2 rings (SSSR count). The number of carbonyl (C=O) groups is 1. The summed E-state index contributed by atoms with van der Waals surface area (Å²) in [6, 6.07) is 7.44. The average Bonchev–Trinajstić information content (AvgIpc) is 2.86. The minimum Gasteiger partial charge on any atom is -0.394 e. The second kappa shape index (κ2) is 5.19. The molecular formula is C13H18N2O2. The molecular weight excluding hydrogens is 216 g/mol. The molecule has 4 nitrogen and oxygen atoms in total. The minimum atomic E-state index is -0.0209. The number of amides is 1. The Kier molecular flexibility index (Phi) is 3.64. The number of likely N-dealkylation sites (tertiary alicyclic amines) is 1. The zero-order valence-corrected chi connectivity index (χ0v) is 10.0. The normalized spacial score (nSPS) is 19.4. The van der Waals surface area contributed by atoms with E-state index in [1.165, 1.54) is 0 Å². The zero-order valence-electron chi connectivity index (χ0n) is 10.0. The Morgan fingerprint density at radius 1 is 1.53 bits per heavy atom. The molecule has 4 heteroatoms. The van der Waals surface area contributed by atoms with Gasteiger partial charge in [-0.2, -0.15) is 0 Å². The fourth-order valence-electron chi connectivity index (χ4n) is 2.34. The highest BCUT2D eigenvalue weighted by atomic mass is 16.3. The van der Waals surface area contributed by atoms with Gasteiger partial charge >= 0.3 is 0 Å². The van der Waals surface area contributed by atoms with Gasteiger partial charge in [0.05, 0.1) is 18.2 Å². The van der Waals surface area contributed by atoms with Gasteiger partial charge in [-0.25, -0.2) is 0 Å². The summed E-state index contributed by atoms with van der Waals surface area (Å²) in [7, 11) is 1.81. The second-order valence-corrected chi connectivity index (χ2v) is 4.27. The number of aliphatic hydroxyl groups excluding tert-OH is 1. The maximum absolute atomic E-state index is 12.4. The summed E-state index contributed by atoms with van der Waals surface area (Å²) in [6.45, 7) is 0.787. The van der Waals surface area contributed by atoms with E-state index in [0.717, 1.165) is 25.1 Å². The molecule has 1 amide bonds. The number of nitrogens with one attached hydrogen (secondary N) is 1. The van der Waals surface area contributed by atoms with Crippen LogP contribution < -0.4 is 5.32 Å². The van der Waals surface area contributed by atoms with Crippen LogP contribution in [0.2, 0.25) is 0 Å². The maximum atomic E-state index is 12.4. The van der Waals surface area contributed by atoms with Gasteiger partial charge in [0.2, 0.25) is 0 Å². The molecule has 1 saturated heterocycles. The molecule has 0 bridgehead atoms. The molecule has 0 aliphatic carbocycles. The van der Waals surface area contributed by atoms with Gasteiger partial charge in [-0.15, -0.1) is 0 Å². The molecule has 1 aromatic carbocycles. The van der Waals surface area contributed by atoms with Crippen LogP contribution in [0.4, 0.5) is 5.69 Å². The largest absolute Gasteiger partial charge is 0.394 e. The summed E-state index contributed by atoms with van der Waals surface area (Å²) in [5.41, 5.74) is 1.51. The van der Waals surface area contributed by atoms with Crippen LogP contribution in [0.3, 0.4) is 0 Å². The Bertz CT molecular complexity index is 406. The van der Waals surface area contributed by atoms with E-state index in [1.807, 2.05) is 24.3 Å². The first-order valence-corrected chi connectivity index (χ1v) is 5.96. The number of benzene rings is 1. The van der Waals surface area contributed by atoms with Crippen molar-refractivity contribution in [3.05, 3.63) is 29.8 Å². The number of aliphatic hydroxyl groups is 1. The lowest BCUT2D eigenvalue weighted by atomic mass is 10.1. The van der Waals surface area contributed by atoms with E-state index in [4.69, 9.17) is 0 Å². The molecule has 1 aliphatic rings. The molecule has 1 heterocycles. The Hall–Kier alpha value is -1.55. The van der Waals surface area contributed by atoms with Crippen LogP contribution >= 0.6 is 0 Å². The van der Waals surface area contributed by atoms with E-state index in [0.29, 0.717) is 5.56 Å². The van der Waals surface area contributed by atoms with Crippen LogP contribution in [0.1, 0.15) is 23.2 Å². The van der Waals surface area contributed by atoms with Gasteiger partial charge in [0.25, 0.3) is 5.91 Å². The highest BCUT2D eigenvalue weighted by molar-refractivity contribution is 5.99. The van der Waals surface area contributed by atoms with Crippen molar-refractivity contribution in [3.8, 4) is 0 Å². The van der Waals surface area contributed by atoms with E-state index in [2.05, 4.69) is 5.32 Å². The lowest BCUT2D eigenvalue weighted by Crippen LogP contribution is -2.37. The fraction of sp³-hybridized carbons (Fsp3) is 0.462. The van der Waals surface area contributed by atoms with Gasteiger partial charge in [0.15, 0.2) is 0 Å². The Morgan fingerprint density at radius 2 is 2.29 bits per heavy atom. The molecule has 0 aromatic heterocycles. The molecule has 1 aromatic rings. The van der Waals surface area contributed by atoms with Crippen LogP contribution in [-0.4, -0.2) is 42.2 Å². The average molecular weight is 234 g/mol. The van der Waals surface area contributed by atoms with Gasteiger partial charge in [-0.1, -0.05) is 12.1 Å². The van der Waals surface area contributed by atoms with Gasteiger partial charge < -0.3 is 15.3 Å². The van der Waals surface area contributed by atoms with Crippen molar-refractivity contribution in [3.63, 3.8) is 0 Å². The fourth-order valence-corrected chi connectivity index (χ4v) is 2.34. The first-order chi connectivity index (χ1) is 8.27. The lowest BCUT2D eigenvalue weighted by molar-refractivity contribution is 0.0678. The highest BCUT2D eigenvalue weighted by Gasteiger charge is 2.29. The van der Waals surface area contributed by atoms with Gasteiger partial charge in [0.1, 0.15) is 0 Å². The highest BCUT2D eigenvalue weighted by Crippen LogP contribution is 2.23. The lowest BCUT2D eigenvalue weighted by Gasteiger charge is -2.24. The Morgan fingerprint density at radius 3 is 3.00 bits per heavy atom. The molecule has 17 heavy (non-hydrogen) atoms. The van der Waals surface area contributed by atoms with Gasteiger partial charge in [0, 0.05) is 19.3 Å². The molecule has 1 atom stereocenters. The summed E-state index contributed by atoms with van der Waals surface area (Å²) in [5, 5.41) is 12.3. The van der Waals surface area contributed by atoms with E-state index >= 15 is 0 Å². The van der Waals surface area contributed by atoms with E-state index in [9.17, 15) is 9.90 Å². The smallest absolute Gasteiger partial charge is 0.256 e. The molecule has 0 spiro atoms. The molecule has 92 valence electrons. The number of nitrogens with zero attached hydrogens (tertiary/aromatic N) is 1. The first kappa shape index (κ1) is 11.9. The third-order valence-corrected chi connectivity index (χ3v) is 3.28. The molecule has 0 unspecified atom stereocenters. The second-order valence-electron chi connectivity index (χ2n) is 4.27. The number of rotatable bonds is 3. The monoisotopic (exact) mass is 234 g/mol. The van der Waals surface area contributed by atoms with E-state index < -0.39 is 0 Å². The Labute approximate surface area is 101 Å². The summed E-state index contributed by atoms with van der Waals surface area (Å²) in [4.78, 5) is 14.1. The molecule has 2 N–H and O–H groups in total. The summed E-state index contributed by atoms with van der Waals surface area (Å²) in [6.07, 6.45) is 1.86. The van der Waals surface area contributed by atoms with Gasteiger partial charge in [-0.3, -0.25) is 4.79 Å². The minimum absolute atomic E-state index is 0.00602. The van der Waals surface area contributed by atoms with Crippen LogP contribution in [-0.2, 0) is 0 Å². The third-order valence-electron chi connectivity index (χ3n) is 3.28. The van der Waals surface area contributed by atoms with E-state index in [-0.39, 0.29) is 18.6 Å². The van der Waals surface area contributed by atoms with Crippen LogP contribution in [0.15, 0.2) is 24.3 Å². The number of carbonyl (C=O) groups excluding carboxylic acids is 1. The molecule has 0 saturated carbocycles. The van der Waals surface area contributed by atoms with Crippen molar-refractivity contribution in [2.75, 3.05) is 25.5 Å². The number of anilines is 1. The zero-order chi connectivity index (χ0) is 12.3. The van der Waals surface area contributed by atoms with Crippen molar-refractivity contribution in [2.45, 2.75) is 18.9 Å². The van der Waals surface area contributed by atoms with Crippen molar-refractivity contribution < 1.29 is 9.90 Å². The van der Waals surface area contributed by atoms with Crippen molar-refractivity contribution in [1.29, 1.82) is 0 Å². The van der Waals surface area contributed by atoms with Crippen LogP contribution in [0.25, 0.3) is 0 Å². The predicted octanol–water partition coefficient (Wildman–Crippen LogP) is 1.33. The quantitative estimate of drug-likeness (QED) is 0.829. The van der Waals surface area contributed by atoms with Crippen molar-refractivity contribution >= 4 is 11.6 Å². The summed E-state index contributed by atoms with van der Waals surface area (Å²) in [5.74, 6) is 0.00602. The van der Waals surface area contributed by atoms with Gasteiger partial charge in [-0.05, 0) is 25.0 Å². The molecule has 0 radical (unpaired) electrons. The molecule has 1 aliphatic heterocycles. The van der Waals surface area contributed by atoms with Crippen molar-refractivity contribution in [1.82, 2.24) is 4.90 Å². The Balaban J connectivity index is 2.24. The standard InChI is InChI=1S/C13H18N2O2/c1-14-12-7-3-2-6-11(12)13(17)15-8-4-5-10(15)9-16/h2-3,6-7,10,14,16H,4-5,8-9H2,1H3/t10-/m0/s1. The van der Waals surface area contributed by atoms with E-state index in [1.54, 1.807) is 11.9 Å². The summed E-state index contributed by atoms with van der Waals surface area (Å²) >= 11 is 0. The van der Waals surface area contributed by atoms with Crippen LogP contribution in [0.5, 0.6) is 0 Å². The maximum Gasteiger partial charge on any atom is 0.256 e. The molecule has 1 fully saturated rings. The van der Waals surface area contributed by atoms with Crippen molar-refractivity contribution in [2.24, 2.45) is 0 Å². The number of hydrogen-bond donors (Lipinski definition) is 2. The third kappa shape index (κ3) is 2.26. The van der Waals surface area contributed by atoms with Crippen LogP contribution in [0, 0.1) is 0 Å². The topological polar surface area (TPSA) is 52.6 Å². The number of hydrogen-bond acceptors (Lipinski definition) is 3. The SMILES string of the molecule is CNc1ccccc1C(=O)N1CCC[C@H]1CO. The number of para-hydroxylation sites is 1. The predicted molar refractivity (Wildman–Crippen MR) is 67.1 cm³/mol. The summed E-state index contributed by atoms with van der Waals surface area (Å²) < 4.78 is 0. The first-order valence-electron chi connectivity index (χ1n) is 5.96.